The van der Waals surface area contributed by atoms with Crippen molar-refractivity contribution in [3.8, 4) is 0 Å². The molecule has 0 fully saturated rings. The molecule has 0 aliphatic rings. The largest absolute Gasteiger partial charge is 0.317 e. The molecule has 0 saturated heterocycles. The fraction of sp³-hybridized carbons (Fsp3) is 0.500. The summed E-state index contributed by atoms with van der Waals surface area (Å²) < 4.78 is 1.89. The Bertz CT molecular complexity index is 238. The lowest BCUT2D eigenvalue weighted by Gasteiger charge is -2.23. The summed E-state index contributed by atoms with van der Waals surface area (Å²) in [6.45, 7) is 6.18. The van der Waals surface area contributed by atoms with Gasteiger partial charge in [0.1, 0.15) is 10.3 Å². The zero-order valence-corrected chi connectivity index (χ0v) is 8.37. The Morgan fingerprint density at radius 1 is 1.09 bits per heavy atom. The molecule has 3 heteroatoms. The van der Waals surface area contributed by atoms with Gasteiger partial charge in [-0.05, 0) is 32.9 Å². The van der Waals surface area contributed by atoms with Gasteiger partial charge in [0, 0.05) is 5.54 Å². The van der Waals surface area contributed by atoms with Gasteiger partial charge in [0.15, 0.2) is 0 Å². The van der Waals surface area contributed by atoms with Crippen LogP contribution in [-0.4, -0.2) is 4.57 Å². The SMILES string of the molecule is CC(C)(C)n1c(Cl)ccc1Cl. The lowest BCUT2D eigenvalue weighted by Crippen LogP contribution is -2.21. The van der Waals surface area contributed by atoms with Crippen molar-refractivity contribution < 1.29 is 0 Å². The molecule has 1 heterocycles. The molecule has 1 rings (SSSR count). The van der Waals surface area contributed by atoms with Gasteiger partial charge in [0.25, 0.3) is 0 Å². The number of hydrogen-bond acceptors (Lipinski definition) is 0. The second-order valence-corrected chi connectivity index (χ2v) is 4.26. The van der Waals surface area contributed by atoms with Crippen LogP contribution in [0.2, 0.25) is 10.3 Å². The monoisotopic (exact) mass is 191 g/mol. The van der Waals surface area contributed by atoms with Gasteiger partial charge in [-0.15, -0.1) is 0 Å². The molecule has 0 atom stereocenters. The average molecular weight is 192 g/mol. The minimum absolute atomic E-state index is 0.0440. The zero-order valence-electron chi connectivity index (χ0n) is 6.86. The Hall–Kier alpha value is -0.140. The van der Waals surface area contributed by atoms with Gasteiger partial charge in [-0.1, -0.05) is 23.2 Å². The number of nitrogens with zero attached hydrogens (tertiary/aromatic N) is 1. The molecule has 0 saturated carbocycles. The quantitative estimate of drug-likeness (QED) is 0.592. The van der Waals surface area contributed by atoms with Gasteiger partial charge in [0.05, 0.1) is 0 Å². The van der Waals surface area contributed by atoms with E-state index in [0.29, 0.717) is 10.3 Å². The Morgan fingerprint density at radius 2 is 1.45 bits per heavy atom. The average Bonchev–Trinajstić information content (AvgIpc) is 2.08. The first-order chi connectivity index (χ1) is 4.93. The molecular formula is C8H11Cl2N. The van der Waals surface area contributed by atoms with Crippen molar-refractivity contribution in [3.05, 3.63) is 22.4 Å². The third-order valence-electron chi connectivity index (χ3n) is 1.46. The van der Waals surface area contributed by atoms with Crippen LogP contribution in [0.1, 0.15) is 20.8 Å². The van der Waals surface area contributed by atoms with Crippen molar-refractivity contribution in [2.45, 2.75) is 26.3 Å². The smallest absolute Gasteiger partial charge is 0.110 e. The van der Waals surface area contributed by atoms with Crippen molar-refractivity contribution in [2.75, 3.05) is 0 Å². The molecule has 1 aromatic rings. The van der Waals surface area contributed by atoms with E-state index in [9.17, 15) is 0 Å². The number of aromatic nitrogens is 1. The summed E-state index contributed by atoms with van der Waals surface area (Å²) >= 11 is 11.8. The minimum Gasteiger partial charge on any atom is -0.317 e. The molecule has 0 spiro atoms. The van der Waals surface area contributed by atoms with Crippen molar-refractivity contribution in [1.29, 1.82) is 0 Å². The lowest BCUT2D eigenvalue weighted by molar-refractivity contribution is 0.400. The summed E-state index contributed by atoms with van der Waals surface area (Å²) in [6, 6.07) is 3.60. The summed E-state index contributed by atoms with van der Waals surface area (Å²) in [7, 11) is 0. The predicted octanol–water partition coefficient (Wildman–Crippen LogP) is 3.55. The molecular weight excluding hydrogens is 181 g/mol. The molecule has 0 radical (unpaired) electrons. The van der Waals surface area contributed by atoms with Gasteiger partial charge in [-0.25, -0.2) is 0 Å². The molecule has 0 unspecified atom stereocenters. The summed E-state index contributed by atoms with van der Waals surface area (Å²) in [5, 5.41) is 1.37. The first-order valence-corrected chi connectivity index (χ1v) is 4.22. The highest BCUT2D eigenvalue weighted by atomic mass is 35.5. The van der Waals surface area contributed by atoms with Crippen molar-refractivity contribution in [3.63, 3.8) is 0 Å². The minimum atomic E-state index is -0.0440. The van der Waals surface area contributed by atoms with Crippen LogP contribution >= 0.6 is 23.2 Å². The first-order valence-electron chi connectivity index (χ1n) is 3.46. The van der Waals surface area contributed by atoms with Crippen LogP contribution in [0.25, 0.3) is 0 Å². The maximum atomic E-state index is 5.91. The third kappa shape index (κ3) is 1.71. The van der Waals surface area contributed by atoms with E-state index < -0.39 is 0 Å². The van der Waals surface area contributed by atoms with Crippen LogP contribution < -0.4 is 0 Å². The second kappa shape index (κ2) is 2.72. The van der Waals surface area contributed by atoms with E-state index >= 15 is 0 Å². The maximum Gasteiger partial charge on any atom is 0.110 e. The summed E-state index contributed by atoms with van der Waals surface area (Å²) in [4.78, 5) is 0. The molecule has 0 N–H and O–H groups in total. The van der Waals surface area contributed by atoms with E-state index in [1.54, 1.807) is 12.1 Å². The summed E-state index contributed by atoms with van der Waals surface area (Å²) in [5.74, 6) is 0. The highest BCUT2D eigenvalue weighted by Crippen LogP contribution is 2.27. The second-order valence-electron chi connectivity index (χ2n) is 3.49. The number of rotatable bonds is 0. The van der Waals surface area contributed by atoms with Crippen molar-refractivity contribution >= 4 is 23.2 Å². The molecule has 0 bridgehead atoms. The van der Waals surface area contributed by atoms with E-state index in [4.69, 9.17) is 23.2 Å². The maximum absolute atomic E-state index is 5.91. The van der Waals surface area contributed by atoms with E-state index in [1.165, 1.54) is 0 Å². The topological polar surface area (TPSA) is 4.93 Å². The summed E-state index contributed by atoms with van der Waals surface area (Å²) in [5.41, 5.74) is -0.0440. The van der Waals surface area contributed by atoms with E-state index in [0.717, 1.165) is 0 Å². The Kier molecular flexibility index (Phi) is 2.22. The van der Waals surface area contributed by atoms with Crippen LogP contribution in [0.5, 0.6) is 0 Å². The predicted molar refractivity (Wildman–Crippen MR) is 49.4 cm³/mol. The number of halogens is 2. The van der Waals surface area contributed by atoms with Crippen LogP contribution in [0, 0.1) is 0 Å². The van der Waals surface area contributed by atoms with Crippen molar-refractivity contribution in [2.24, 2.45) is 0 Å². The van der Waals surface area contributed by atoms with Gasteiger partial charge in [0.2, 0.25) is 0 Å². The lowest BCUT2D eigenvalue weighted by atomic mass is 10.1. The molecule has 0 amide bonds. The number of hydrogen-bond donors (Lipinski definition) is 0. The van der Waals surface area contributed by atoms with Crippen LogP contribution in [0.4, 0.5) is 0 Å². The van der Waals surface area contributed by atoms with Crippen LogP contribution in [0.3, 0.4) is 0 Å². The van der Waals surface area contributed by atoms with Gasteiger partial charge >= 0.3 is 0 Å². The molecule has 62 valence electrons. The standard InChI is InChI=1S/C8H11Cl2N/c1-8(2,3)11-6(9)4-5-7(11)10/h4-5H,1-3H3. The van der Waals surface area contributed by atoms with Gasteiger partial charge in [-0.2, -0.15) is 0 Å². The van der Waals surface area contributed by atoms with Crippen LogP contribution in [0.15, 0.2) is 12.1 Å². The summed E-state index contributed by atoms with van der Waals surface area (Å²) in [6.07, 6.45) is 0. The van der Waals surface area contributed by atoms with E-state index in [1.807, 2.05) is 4.57 Å². The first kappa shape index (κ1) is 8.95. The van der Waals surface area contributed by atoms with E-state index in [-0.39, 0.29) is 5.54 Å². The fourth-order valence-corrected chi connectivity index (χ4v) is 1.89. The molecule has 0 aromatic carbocycles. The molecule has 1 nitrogen and oxygen atoms in total. The Labute approximate surface area is 76.9 Å². The Morgan fingerprint density at radius 3 is 1.64 bits per heavy atom. The third-order valence-corrected chi connectivity index (χ3v) is 2.05. The Balaban J connectivity index is 3.21. The zero-order chi connectivity index (χ0) is 8.65. The molecule has 1 aromatic heterocycles. The van der Waals surface area contributed by atoms with Gasteiger partial charge in [-0.3, -0.25) is 0 Å². The molecule has 0 aliphatic carbocycles. The normalized spacial score (nSPS) is 12.1. The highest BCUT2D eigenvalue weighted by Gasteiger charge is 2.17. The van der Waals surface area contributed by atoms with Crippen LogP contribution in [-0.2, 0) is 5.54 Å². The molecule has 11 heavy (non-hydrogen) atoms. The van der Waals surface area contributed by atoms with Crippen molar-refractivity contribution in [1.82, 2.24) is 4.57 Å². The van der Waals surface area contributed by atoms with Gasteiger partial charge < -0.3 is 4.57 Å². The molecule has 0 aliphatic heterocycles. The highest BCUT2D eigenvalue weighted by molar-refractivity contribution is 6.33. The fourth-order valence-electron chi connectivity index (χ4n) is 1.03. The van der Waals surface area contributed by atoms with E-state index in [2.05, 4.69) is 20.8 Å².